The van der Waals surface area contributed by atoms with Crippen LogP contribution in [0.1, 0.15) is 6.92 Å². The van der Waals surface area contributed by atoms with Crippen LogP contribution < -0.4 is 5.32 Å². The minimum absolute atomic E-state index is 0.0477. The molecule has 4 heteroatoms. The molecule has 0 radical (unpaired) electrons. The first-order valence-corrected chi connectivity index (χ1v) is 4.99. The van der Waals surface area contributed by atoms with E-state index in [1.54, 1.807) is 11.8 Å². The van der Waals surface area contributed by atoms with Crippen LogP contribution >= 0.6 is 11.8 Å². The average molecular weight is 176 g/mol. The molecule has 0 aromatic rings. The Bertz CT molecular complexity index is 134. The van der Waals surface area contributed by atoms with Gasteiger partial charge in [-0.1, -0.05) is 0 Å². The van der Waals surface area contributed by atoms with E-state index >= 15 is 0 Å². The summed E-state index contributed by atoms with van der Waals surface area (Å²) in [5, 5.41) is 2.24. The van der Waals surface area contributed by atoms with Gasteiger partial charge < -0.3 is 10.1 Å². The Kier molecular flexibility index (Phi) is 3.72. The smallest absolute Gasteiger partial charge is 0.324 e. The molecule has 1 rings (SSSR count). The third-order valence-corrected chi connectivity index (χ3v) is 2.83. The van der Waals surface area contributed by atoms with Gasteiger partial charge in [-0.05, 0) is 6.92 Å². The van der Waals surface area contributed by atoms with Crippen molar-refractivity contribution in [3.8, 4) is 0 Å². The van der Waals surface area contributed by atoms with Gasteiger partial charge >= 0.3 is 5.97 Å². The first kappa shape index (κ1) is 8.87. The van der Waals surface area contributed by atoms with E-state index in [0.717, 1.165) is 18.8 Å². The molecule has 2 N–H and O–H groups in total. The van der Waals surface area contributed by atoms with Gasteiger partial charge in [0.15, 0.2) is 5.25 Å². The van der Waals surface area contributed by atoms with Crippen LogP contribution in [0.25, 0.3) is 0 Å². The summed E-state index contributed by atoms with van der Waals surface area (Å²) in [4.78, 5) is 11.1. The zero-order valence-electron chi connectivity index (χ0n) is 6.71. The molecule has 3 nitrogen and oxygen atoms in total. The van der Waals surface area contributed by atoms with Crippen molar-refractivity contribution < 1.29 is 14.8 Å². The molecule has 1 atom stereocenters. The molecule has 0 unspecified atom stereocenters. The predicted molar refractivity (Wildman–Crippen MR) is 44.5 cm³/mol. The molecule has 1 fully saturated rings. The van der Waals surface area contributed by atoms with Gasteiger partial charge in [-0.3, -0.25) is 4.79 Å². The third-order valence-electron chi connectivity index (χ3n) is 1.57. The van der Waals surface area contributed by atoms with Crippen LogP contribution in [-0.2, 0) is 9.53 Å². The second kappa shape index (κ2) is 4.62. The van der Waals surface area contributed by atoms with Crippen LogP contribution in [0.2, 0.25) is 0 Å². The number of hydrogen-bond donors (Lipinski definition) is 1. The van der Waals surface area contributed by atoms with Crippen LogP contribution in [-0.4, -0.2) is 36.7 Å². The van der Waals surface area contributed by atoms with E-state index in [1.807, 2.05) is 6.92 Å². The van der Waals surface area contributed by atoms with Gasteiger partial charge in [-0.25, -0.2) is 0 Å². The number of carbonyl (C=O) groups is 1. The molecule has 0 aromatic carbocycles. The second-order valence-electron chi connectivity index (χ2n) is 2.42. The van der Waals surface area contributed by atoms with Gasteiger partial charge in [0.2, 0.25) is 0 Å². The van der Waals surface area contributed by atoms with Gasteiger partial charge in [0.1, 0.15) is 0 Å². The van der Waals surface area contributed by atoms with E-state index in [-0.39, 0.29) is 11.2 Å². The standard InChI is InChI=1S/C7H13NO2S/c1-2-10-7(9)6-5-8-3-4-11-6/h6,8H,2-5H2,1H3/p+1/t6-/m0/s1. The number of quaternary nitrogens is 1. The topological polar surface area (TPSA) is 42.9 Å². The lowest BCUT2D eigenvalue weighted by molar-refractivity contribution is -0.650. The molecule has 0 aliphatic carbocycles. The second-order valence-corrected chi connectivity index (χ2v) is 3.74. The normalized spacial score (nSPS) is 24.6. The highest BCUT2D eigenvalue weighted by atomic mass is 32.2. The predicted octanol–water partition coefficient (Wildman–Crippen LogP) is -0.772. The maximum absolute atomic E-state index is 11.1. The molecular formula is C7H14NO2S+. The van der Waals surface area contributed by atoms with Gasteiger partial charge in [0.25, 0.3) is 0 Å². The Hall–Kier alpha value is -0.220. The van der Waals surface area contributed by atoms with Crippen molar-refractivity contribution in [2.75, 3.05) is 25.4 Å². The third kappa shape index (κ3) is 2.71. The molecule has 0 spiro atoms. The molecule has 64 valence electrons. The number of hydrogen-bond acceptors (Lipinski definition) is 3. The van der Waals surface area contributed by atoms with Crippen molar-refractivity contribution >= 4 is 17.7 Å². The summed E-state index contributed by atoms with van der Waals surface area (Å²) in [6.45, 7) is 4.34. The highest BCUT2D eigenvalue weighted by molar-refractivity contribution is 8.00. The van der Waals surface area contributed by atoms with Crippen LogP contribution in [0.3, 0.4) is 0 Å². The van der Waals surface area contributed by atoms with Crippen molar-refractivity contribution in [1.82, 2.24) is 0 Å². The zero-order chi connectivity index (χ0) is 8.10. The summed E-state index contributed by atoms with van der Waals surface area (Å²) in [6, 6.07) is 0. The molecular weight excluding hydrogens is 162 g/mol. The monoisotopic (exact) mass is 176 g/mol. The average Bonchev–Trinajstić information content (AvgIpc) is 2.07. The van der Waals surface area contributed by atoms with Gasteiger partial charge in [-0.15, -0.1) is 11.8 Å². The van der Waals surface area contributed by atoms with Crippen LogP contribution in [0.4, 0.5) is 0 Å². The first-order valence-electron chi connectivity index (χ1n) is 3.94. The maximum atomic E-state index is 11.1. The van der Waals surface area contributed by atoms with Crippen LogP contribution in [0.15, 0.2) is 0 Å². The molecule has 0 amide bonds. The van der Waals surface area contributed by atoms with E-state index < -0.39 is 0 Å². The SMILES string of the molecule is CCOC(=O)[C@@H]1C[NH2+]CCS1. The van der Waals surface area contributed by atoms with Crippen LogP contribution in [0, 0.1) is 0 Å². The summed E-state index contributed by atoms with van der Waals surface area (Å²) in [6.07, 6.45) is 0. The van der Waals surface area contributed by atoms with Crippen LogP contribution in [0.5, 0.6) is 0 Å². The number of carbonyl (C=O) groups excluding carboxylic acids is 1. The zero-order valence-corrected chi connectivity index (χ0v) is 7.52. The Morgan fingerprint density at radius 3 is 3.18 bits per heavy atom. The molecule has 0 bridgehead atoms. The van der Waals surface area contributed by atoms with Crippen molar-refractivity contribution in [3.05, 3.63) is 0 Å². The Morgan fingerprint density at radius 2 is 2.64 bits per heavy atom. The first-order chi connectivity index (χ1) is 5.34. The van der Waals surface area contributed by atoms with Crippen molar-refractivity contribution in [2.24, 2.45) is 0 Å². The fraction of sp³-hybridized carbons (Fsp3) is 0.857. The summed E-state index contributed by atoms with van der Waals surface area (Å²) < 4.78 is 4.90. The maximum Gasteiger partial charge on any atom is 0.324 e. The number of rotatable bonds is 2. The van der Waals surface area contributed by atoms with Gasteiger partial charge in [0, 0.05) is 5.75 Å². The molecule has 1 aliphatic heterocycles. The molecule has 1 heterocycles. The van der Waals surface area contributed by atoms with E-state index in [1.165, 1.54) is 0 Å². The Labute approximate surface area is 70.9 Å². The lowest BCUT2D eigenvalue weighted by Gasteiger charge is -2.17. The van der Waals surface area contributed by atoms with E-state index in [0.29, 0.717) is 6.61 Å². The van der Waals surface area contributed by atoms with E-state index in [4.69, 9.17) is 4.74 Å². The minimum atomic E-state index is -0.0477. The van der Waals surface area contributed by atoms with Crippen molar-refractivity contribution in [3.63, 3.8) is 0 Å². The summed E-state index contributed by atoms with van der Waals surface area (Å²) in [5.41, 5.74) is 0. The highest BCUT2D eigenvalue weighted by Crippen LogP contribution is 2.11. The molecule has 11 heavy (non-hydrogen) atoms. The number of thioether (sulfide) groups is 1. The van der Waals surface area contributed by atoms with Crippen molar-refractivity contribution in [1.29, 1.82) is 0 Å². The Balaban J connectivity index is 2.27. The fourth-order valence-corrected chi connectivity index (χ4v) is 2.09. The molecule has 0 saturated carbocycles. The van der Waals surface area contributed by atoms with Crippen molar-refractivity contribution in [2.45, 2.75) is 12.2 Å². The summed E-state index contributed by atoms with van der Waals surface area (Å²) in [5.74, 6) is 1.01. The molecule has 1 aliphatic rings. The van der Waals surface area contributed by atoms with E-state index in [2.05, 4.69) is 5.32 Å². The fourth-order valence-electron chi connectivity index (χ4n) is 1.03. The van der Waals surface area contributed by atoms with Gasteiger partial charge in [-0.2, -0.15) is 0 Å². The molecule has 0 aromatic heterocycles. The largest absolute Gasteiger partial charge is 0.465 e. The number of esters is 1. The number of nitrogens with two attached hydrogens (primary N) is 1. The van der Waals surface area contributed by atoms with Gasteiger partial charge in [0.05, 0.1) is 19.7 Å². The quantitative estimate of drug-likeness (QED) is 0.562. The summed E-state index contributed by atoms with van der Waals surface area (Å²) >= 11 is 1.71. The van der Waals surface area contributed by atoms with E-state index in [9.17, 15) is 4.79 Å². The Morgan fingerprint density at radius 1 is 1.82 bits per heavy atom. The molecule has 1 saturated heterocycles. The summed E-state index contributed by atoms with van der Waals surface area (Å²) in [7, 11) is 0. The lowest BCUT2D eigenvalue weighted by Crippen LogP contribution is -2.88. The lowest BCUT2D eigenvalue weighted by atomic mass is 10.4. The highest BCUT2D eigenvalue weighted by Gasteiger charge is 2.24. The minimum Gasteiger partial charge on any atom is -0.465 e. The number of ether oxygens (including phenoxy) is 1.